The fraction of sp³-hybridized carbons (Fsp3) is 0.440. The van der Waals surface area contributed by atoms with Gasteiger partial charge in [0.1, 0.15) is 18.1 Å². The number of aromatic amines is 1. The largest absolute Gasteiger partial charge is 0.365 e. The molecule has 34 heavy (non-hydrogen) atoms. The van der Waals surface area contributed by atoms with Gasteiger partial charge in [-0.1, -0.05) is 25.1 Å². The van der Waals surface area contributed by atoms with Gasteiger partial charge in [-0.3, -0.25) is 14.7 Å². The molecule has 1 fully saturated rings. The van der Waals surface area contributed by atoms with Crippen LogP contribution in [0.15, 0.2) is 47.4 Å². The third-order valence-corrected chi connectivity index (χ3v) is 5.85. The first-order chi connectivity index (χ1) is 16.3. The van der Waals surface area contributed by atoms with Crippen molar-refractivity contribution in [3.63, 3.8) is 0 Å². The lowest BCUT2D eigenvalue weighted by molar-refractivity contribution is -0.139. The Labute approximate surface area is 198 Å². The number of hydrogen-bond donors (Lipinski definition) is 2. The summed E-state index contributed by atoms with van der Waals surface area (Å²) in [5, 5.41) is 13.0. The normalized spacial score (nSPS) is 16.2. The van der Waals surface area contributed by atoms with E-state index in [-0.39, 0.29) is 29.6 Å². The fourth-order valence-corrected chi connectivity index (χ4v) is 4.15. The Balaban J connectivity index is 0.000000574. The molecule has 2 N–H and O–H groups in total. The molecule has 8 nitrogen and oxygen atoms in total. The van der Waals surface area contributed by atoms with Gasteiger partial charge in [0.2, 0.25) is 11.8 Å². The second-order valence-corrected chi connectivity index (χ2v) is 8.87. The van der Waals surface area contributed by atoms with Crippen LogP contribution >= 0.6 is 0 Å². The maximum atomic E-state index is 14.9. The number of H-pyrrole nitrogens is 1. The molecule has 2 amide bonds. The Morgan fingerprint density at radius 2 is 2.06 bits per heavy atom. The Morgan fingerprint density at radius 3 is 2.65 bits per heavy atom. The molecule has 2 aromatic heterocycles. The lowest BCUT2D eigenvalue weighted by Crippen LogP contribution is -2.46. The topological polar surface area (TPSA) is 104 Å². The van der Waals surface area contributed by atoms with Crippen molar-refractivity contribution in [1.82, 2.24) is 25.6 Å². The maximum absolute atomic E-state index is 14.9. The van der Waals surface area contributed by atoms with E-state index in [1.807, 2.05) is 26.8 Å². The quantitative estimate of drug-likeness (QED) is 0.556. The minimum Gasteiger partial charge on any atom is -0.365 e. The zero-order valence-corrected chi connectivity index (χ0v) is 20.0. The van der Waals surface area contributed by atoms with Crippen LogP contribution in [0.4, 0.5) is 4.39 Å². The molecule has 2 unspecified atom stereocenters. The Kier molecular flexibility index (Phi) is 8.56. The summed E-state index contributed by atoms with van der Waals surface area (Å²) in [5.74, 6) is -0.229. The molecule has 0 aliphatic carbocycles. The van der Waals surface area contributed by atoms with Gasteiger partial charge in [0, 0.05) is 24.7 Å². The molecule has 9 heteroatoms. The van der Waals surface area contributed by atoms with Crippen LogP contribution in [0.1, 0.15) is 57.2 Å². The molecule has 1 saturated heterocycles. The van der Waals surface area contributed by atoms with E-state index in [2.05, 4.69) is 25.2 Å². The number of nitrogens with zero attached hydrogens (tertiary/aromatic N) is 3. The molecule has 182 valence electrons. The Bertz CT molecular complexity index is 1050. The molecule has 0 bridgehead atoms. The van der Waals surface area contributed by atoms with Gasteiger partial charge in [-0.15, -0.1) is 0 Å². The van der Waals surface area contributed by atoms with Gasteiger partial charge in [0.15, 0.2) is 0 Å². The number of carbonyl (C=O) groups is 2. The van der Waals surface area contributed by atoms with Crippen molar-refractivity contribution in [2.24, 2.45) is 5.92 Å². The van der Waals surface area contributed by atoms with Gasteiger partial charge in [-0.25, -0.2) is 4.39 Å². The summed E-state index contributed by atoms with van der Waals surface area (Å²) in [4.78, 5) is 27.0. The molecular formula is C25H32FN5O3. The van der Waals surface area contributed by atoms with E-state index >= 15 is 0 Å². The summed E-state index contributed by atoms with van der Waals surface area (Å²) in [6.45, 7) is 8.15. The number of aromatic nitrogens is 3. The lowest BCUT2D eigenvalue weighted by Gasteiger charge is -2.27. The van der Waals surface area contributed by atoms with Crippen molar-refractivity contribution >= 4 is 11.8 Å². The monoisotopic (exact) mass is 469 g/mol. The number of benzene rings is 1. The van der Waals surface area contributed by atoms with Crippen molar-refractivity contribution in [2.75, 3.05) is 6.54 Å². The molecule has 3 aromatic rings. The third-order valence-electron chi connectivity index (χ3n) is 5.85. The van der Waals surface area contributed by atoms with Crippen molar-refractivity contribution in [3.8, 4) is 11.3 Å². The molecule has 0 radical (unpaired) electrons. The highest BCUT2D eigenvalue weighted by atomic mass is 19.1. The first-order valence-electron chi connectivity index (χ1n) is 11.5. The molecule has 0 spiro atoms. The fourth-order valence-electron chi connectivity index (χ4n) is 4.15. The Hall–Kier alpha value is -3.49. The van der Waals surface area contributed by atoms with E-state index in [0.717, 1.165) is 12.0 Å². The standard InChI is InChI=1S/C22H29FN4O2.C3H3NO/c1-13(2)12-20(28)27-11-5-6-19(27)22(29)25-15(4)16-7-8-17(21(23)14(16)3)18-9-10-24-26-18;1-2-4-5-3-1/h7-10,13,15,19H,5-6,11-12H2,1-4H3,(H,24,26)(H,25,29);1-3H. The van der Waals surface area contributed by atoms with Crippen molar-refractivity contribution < 1.29 is 18.5 Å². The van der Waals surface area contributed by atoms with E-state index in [1.165, 1.54) is 6.26 Å². The summed E-state index contributed by atoms with van der Waals surface area (Å²) in [5.41, 5.74) is 2.27. The second-order valence-electron chi connectivity index (χ2n) is 8.87. The van der Waals surface area contributed by atoms with Crippen LogP contribution in [0, 0.1) is 18.7 Å². The molecule has 2 atom stereocenters. The number of rotatable bonds is 6. The van der Waals surface area contributed by atoms with E-state index in [0.29, 0.717) is 36.2 Å². The van der Waals surface area contributed by atoms with Crippen molar-refractivity contribution in [1.29, 1.82) is 0 Å². The van der Waals surface area contributed by atoms with Crippen LogP contribution < -0.4 is 5.32 Å². The second kappa shape index (κ2) is 11.6. The summed E-state index contributed by atoms with van der Waals surface area (Å²) >= 11 is 0. The third kappa shape index (κ3) is 6.09. The molecule has 1 aliphatic rings. The zero-order chi connectivity index (χ0) is 24.7. The summed E-state index contributed by atoms with van der Waals surface area (Å²) < 4.78 is 19.2. The van der Waals surface area contributed by atoms with E-state index in [1.54, 1.807) is 42.4 Å². The first kappa shape index (κ1) is 25.1. The number of amides is 2. The predicted molar refractivity (Wildman–Crippen MR) is 126 cm³/mol. The van der Waals surface area contributed by atoms with Crippen LogP contribution in [0.2, 0.25) is 0 Å². The van der Waals surface area contributed by atoms with Gasteiger partial charge in [-0.05, 0) is 61.9 Å². The number of halogens is 1. The van der Waals surface area contributed by atoms with Crippen LogP contribution in [-0.4, -0.2) is 44.7 Å². The highest BCUT2D eigenvalue weighted by Gasteiger charge is 2.34. The highest BCUT2D eigenvalue weighted by Crippen LogP contribution is 2.29. The average molecular weight is 470 g/mol. The number of carbonyl (C=O) groups excluding carboxylic acids is 2. The predicted octanol–water partition coefficient (Wildman–Crippen LogP) is 4.41. The zero-order valence-electron chi connectivity index (χ0n) is 20.0. The van der Waals surface area contributed by atoms with Gasteiger partial charge in [0.05, 0.1) is 17.9 Å². The minimum atomic E-state index is -0.446. The number of nitrogens with one attached hydrogen (secondary N) is 2. The molecule has 0 saturated carbocycles. The summed E-state index contributed by atoms with van der Waals surface area (Å²) in [6.07, 6.45) is 6.60. The maximum Gasteiger partial charge on any atom is 0.243 e. The van der Waals surface area contributed by atoms with Gasteiger partial charge >= 0.3 is 0 Å². The molecule has 3 heterocycles. The van der Waals surface area contributed by atoms with E-state index in [4.69, 9.17) is 0 Å². The van der Waals surface area contributed by atoms with Gasteiger partial charge in [-0.2, -0.15) is 5.10 Å². The van der Waals surface area contributed by atoms with Crippen LogP contribution in [0.3, 0.4) is 0 Å². The molecule has 1 aromatic carbocycles. The van der Waals surface area contributed by atoms with Gasteiger partial charge in [0.25, 0.3) is 0 Å². The molecule has 4 rings (SSSR count). The van der Waals surface area contributed by atoms with Crippen LogP contribution in [-0.2, 0) is 9.59 Å². The van der Waals surface area contributed by atoms with Crippen LogP contribution in [0.5, 0.6) is 0 Å². The molecular weight excluding hydrogens is 437 g/mol. The minimum absolute atomic E-state index is 0.0245. The number of hydrogen-bond acceptors (Lipinski definition) is 5. The van der Waals surface area contributed by atoms with Gasteiger partial charge < -0.3 is 14.7 Å². The van der Waals surface area contributed by atoms with E-state index < -0.39 is 6.04 Å². The van der Waals surface area contributed by atoms with Crippen molar-refractivity contribution in [3.05, 3.63) is 59.9 Å². The number of likely N-dealkylation sites (tertiary alicyclic amines) is 1. The van der Waals surface area contributed by atoms with Crippen molar-refractivity contribution in [2.45, 2.75) is 59.0 Å². The average Bonchev–Trinajstić information content (AvgIpc) is 3.58. The molecule has 1 aliphatic heterocycles. The van der Waals surface area contributed by atoms with E-state index in [9.17, 15) is 14.0 Å². The SMILES string of the molecule is Cc1c(C(C)NC(=O)C2CCCN2C(=O)CC(C)C)ccc(-c2ccn[nH]2)c1F.c1cnoc1. The summed E-state index contributed by atoms with van der Waals surface area (Å²) in [7, 11) is 0. The first-order valence-corrected chi connectivity index (χ1v) is 11.5. The summed E-state index contributed by atoms with van der Waals surface area (Å²) in [6, 6.07) is 6.15. The smallest absolute Gasteiger partial charge is 0.243 e. The highest BCUT2D eigenvalue weighted by molar-refractivity contribution is 5.88. The van der Waals surface area contributed by atoms with Crippen LogP contribution in [0.25, 0.3) is 11.3 Å². The Morgan fingerprint density at radius 1 is 1.26 bits per heavy atom. The lowest BCUT2D eigenvalue weighted by atomic mass is 9.97.